The third kappa shape index (κ3) is 3.04. The normalized spacial score (nSPS) is 22.4. The lowest BCUT2D eigenvalue weighted by Crippen LogP contribution is -2.42. The van der Waals surface area contributed by atoms with E-state index in [1.165, 1.54) is 0 Å². The molecule has 1 atom stereocenters. The molecule has 3 rings (SSSR count). The van der Waals surface area contributed by atoms with Gasteiger partial charge >= 0.3 is 0 Å². The van der Waals surface area contributed by atoms with Gasteiger partial charge < -0.3 is 10.4 Å². The fourth-order valence-corrected chi connectivity index (χ4v) is 3.30. The molecule has 0 saturated heterocycles. The number of hydrogen-bond donors (Lipinski definition) is 2. The van der Waals surface area contributed by atoms with Crippen molar-refractivity contribution in [2.45, 2.75) is 50.0 Å². The Balaban J connectivity index is 1.64. The fraction of sp³-hybridized carbons (Fsp3) is 0.588. The summed E-state index contributed by atoms with van der Waals surface area (Å²) in [5, 5.41) is 13.3. The van der Waals surface area contributed by atoms with Crippen LogP contribution in [0.25, 0.3) is 0 Å². The van der Waals surface area contributed by atoms with Crippen molar-refractivity contribution in [1.82, 2.24) is 5.32 Å². The maximum absolute atomic E-state index is 12.5. The van der Waals surface area contributed by atoms with Crippen LogP contribution in [0.2, 0.25) is 0 Å². The zero-order valence-electron chi connectivity index (χ0n) is 11.8. The molecule has 3 heteroatoms. The highest BCUT2D eigenvalue weighted by molar-refractivity contribution is 5.84. The lowest BCUT2D eigenvalue weighted by Gasteiger charge is -2.24. The van der Waals surface area contributed by atoms with Crippen molar-refractivity contribution in [1.29, 1.82) is 0 Å². The van der Waals surface area contributed by atoms with Gasteiger partial charge in [0.1, 0.15) is 0 Å². The van der Waals surface area contributed by atoms with E-state index in [0.717, 1.165) is 44.1 Å². The Labute approximate surface area is 120 Å². The van der Waals surface area contributed by atoms with Gasteiger partial charge in [0.05, 0.1) is 11.5 Å². The summed E-state index contributed by atoms with van der Waals surface area (Å²) >= 11 is 0. The highest BCUT2D eigenvalue weighted by Gasteiger charge is 2.38. The number of carbonyl (C=O) groups excluding carboxylic acids is 1. The maximum atomic E-state index is 12.5. The molecule has 1 unspecified atom stereocenters. The van der Waals surface area contributed by atoms with Gasteiger partial charge in [0, 0.05) is 6.54 Å². The summed E-state index contributed by atoms with van der Waals surface area (Å²) < 4.78 is 0. The Morgan fingerprint density at radius 3 is 2.50 bits per heavy atom. The van der Waals surface area contributed by atoms with Crippen LogP contribution in [-0.4, -0.2) is 23.2 Å². The minimum Gasteiger partial charge on any atom is -0.388 e. The van der Waals surface area contributed by atoms with Crippen molar-refractivity contribution in [3.63, 3.8) is 0 Å². The van der Waals surface area contributed by atoms with Crippen molar-refractivity contribution in [2.75, 3.05) is 6.54 Å². The van der Waals surface area contributed by atoms with Gasteiger partial charge in [0.25, 0.3) is 0 Å². The first-order valence-electron chi connectivity index (χ1n) is 7.73. The summed E-state index contributed by atoms with van der Waals surface area (Å²) in [5.41, 5.74) is 0.436. The summed E-state index contributed by atoms with van der Waals surface area (Å²) in [6.45, 7) is 0.405. The molecule has 0 heterocycles. The SMILES string of the molecule is O=C(NCC1(O)CCCC1)C(c1ccccc1)C1CC1. The van der Waals surface area contributed by atoms with Crippen LogP contribution >= 0.6 is 0 Å². The predicted octanol–water partition coefficient (Wildman–Crippen LogP) is 2.60. The molecule has 20 heavy (non-hydrogen) atoms. The van der Waals surface area contributed by atoms with Crippen molar-refractivity contribution in [3.05, 3.63) is 35.9 Å². The van der Waals surface area contributed by atoms with Crippen LogP contribution in [0, 0.1) is 5.92 Å². The van der Waals surface area contributed by atoms with Crippen LogP contribution in [0.15, 0.2) is 30.3 Å². The summed E-state index contributed by atoms with van der Waals surface area (Å²) in [7, 11) is 0. The number of rotatable bonds is 5. The van der Waals surface area contributed by atoms with Crippen LogP contribution in [0.4, 0.5) is 0 Å². The zero-order valence-corrected chi connectivity index (χ0v) is 11.8. The second-order valence-corrected chi connectivity index (χ2v) is 6.38. The van der Waals surface area contributed by atoms with Crippen molar-refractivity contribution in [2.24, 2.45) is 5.92 Å². The molecule has 2 N–H and O–H groups in total. The highest BCUT2D eigenvalue weighted by atomic mass is 16.3. The summed E-state index contributed by atoms with van der Waals surface area (Å²) in [5.74, 6) is 0.524. The standard InChI is InChI=1S/C17H23NO2/c19-16(18-12-17(20)10-4-5-11-17)15(14-8-9-14)13-6-2-1-3-7-13/h1-3,6-7,14-15,20H,4-5,8-12H2,(H,18,19). The fourth-order valence-electron chi connectivity index (χ4n) is 3.30. The molecule has 0 bridgehead atoms. The molecule has 0 spiro atoms. The minimum absolute atomic E-state index is 0.0406. The van der Waals surface area contributed by atoms with Gasteiger partial charge in [-0.05, 0) is 37.2 Å². The third-order valence-electron chi connectivity index (χ3n) is 4.66. The Morgan fingerprint density at radius 1 is 1.25 bits per heavy atom. The van der Waals surface area contributed by atoms with Gasteiger partial charge in [-0.3, -0.25) is 4.79 Å². The van der Waals surface area contributed by atoms with Crippen LogP contribution in [-0.2, 0) is 4.79 Å². The molecule has 0 aliphatic heterocycles. The maximum Gasteiger partial charge on any atom is 0.227 e. The number of nitrogens with one attached hydrogen (secondary N) is 1. The van der Waals surface area contributed by atoms with Gasteiger partial charge in [-0.15, -0.1) is 0 Å². The number of hydrogen-bond acceptors (Lipinski definition) is 2. The van der Waals surface area contributed by atoms with E-state index in [0.29, 0.717) is 12.5 Å². The average molecular weight is 273 g/mol. The second-order valence-electron chi connectivity index (χ2n) is 6.38. The van der Waals surface area contributed by atoms with E-state index in [1.807, 2.05) is 30.3 Å². The van der Waals surface area contributed by atoms with Gasteiger partial charge in [-0.25, -0.2) is 0 Å². The van der Waals surface area contributed by atoms with Gasteiger partial charge in [0.15, 0.2) is 0 Å². The Bertz CT molecular complexity index is 461. The van der Waals surface area contributed by atoms with Crippen LogP contribution in [0.1, 0.15) is 50.0 Å². The van der Waals surface area contributed by atoms with E-state index in [9.17, 15) is 9.90 Å². The molecule has 2 saturated carbocycles. The number of benzene rings is 1. The third-order valence-corrected chi connectivity index (χ3v) is 4.66. The lowest BCUT2D eigenvalue weighted by molar-refractivity contribution is -0.124. The monoisotopic (exact) mass is 273 g/mol. The van der Waals surface area contributed by atoms with E-state index >= 15 is 0 Å². The van der Waals surface area contributed by atoms with Gasteiger partial charge in [-0.1, -0.05) is 43.2 Å². The summed E-state index contributed by atoms with van der Waals surface area (Å²) in [6.07, 6.45) is 6.03. The van der Waals surface area contributed by atoms with Crippen molar-refractivity contribution < 1.29 is 9.90 Å². The van der Waals surface area contributed by atoms with Crippen molar-refractivity contribution >= 4 is 5.91 Å². The first-order valence-corrected chi connectivity index (χ1v) is 7.73. The second kappa shape index (κ2) is 5.57. The molecule has 0 radical (unpaired) electrons. The van der Waals surface area contributed by atoms with E-state index < -0.39 is 5.60 Å². The highest BCUT2D eigenvalue weighted by Crippen LogP contribution is 2.42. The van der Waals surface area contributed by atoms with Gasteiger partial charge in [-0.2, -0.15) is 0 Å². The van der Waals surface area contributed by atoms with Crippen LogP contribution in [0.5, 0.6) is 0 Å². The van der Waals surface area contributed by atoms with Crippen molar-refractivity contribution in [3.8, 4) is 0 Å². The molecule has 2 aliphatic carbocycles. The molecule has 3 nitrogen and oxygen atoms in total. The largest absolute Gasteiger partial charge is 0.388 e. The van der Waals surface area contributed by atoms with E-state index in [-0.39, 0.29) is 11.8 Å². The van der Waals surface area contributed by atoms with E-state index in [2.05, 4.69) is 5.32 Å². The summed E-state index contributed by atoms with van der Waals surface area (Å²) in [4.78, 5) is 12.5. The summed E-state index contributed by atoms with van der Waals surface area (Å²) in [6, 6.07) is 10.0. The number of carbonyl (C=O) groups is 1. The van der Waals surface area contributed by atoms with Crippen LogP contribution in [0.3, 0.4) is 0 Å². The Morgan fingerprint density at radius 2 is 1.90 bits per heavy atom. The van der Waals surface area contributed by atoms with E-state index in [4.69, 9.17) is 0 Å². The molecule has 2 aliphatic rings. The molecule has 0 aromatic heterocycles. The quantitative estimate of drug-likeness (QED) is 0.866. The van der Waals surface area contributed by atoms with Gasteiger partial charge in [0.2, 0.25) is 5.91 Å². The Kier molecular flexibility index (Phi) is 3.79. The molecule has 1 aromatic carbocycles. The minimum atomic E-state index is -0.666. The topological polar surface area (TPSA) is 49.3 Å². The molecule has 1 amide bonds. The smallest absolute Gasteiger partial charge is 0.227 e. The lowest BCUT2D eigenvalue weighted by atomic mass is 9.92. The molecule has 1 aromatic rings. The Hall–Kier alpha value is -1.35. The average Bonchev–Trinajstić information content (AvgIpc) is 3.19. The van der Waals surface area contributed by atoms with E-state index in [1.54, 1.807) is 0 Å². The number of amides is 1. The van der Waals surface area contributed by atoms with Crippen LogP contribution < -0.4 is 5.32 Å². The number of aliphatic hydroxyl groups is 1. The molecule has 108 valence electrons. The first-order chi connectivity index (χ1) is 9.68. The molecule has 2 fully saturated rings. The first kappa shape index (κ1) is 13.6. The zero-order chi connectivity index (χ0) is 14.0. The molecular weight excluding hydrogens is 250 g/mol. The predicted molar refractivity (Wildman–Crippen MR) is 78.3 cm³/mol. The molecular formula is C17H23NO2.